The van der Waals surface area contributed by atoms with Crippen LogP contribution in [-0.4, -0.2) is 101 Å². The van der Waals surface area contributed by atoms with E-state index < -0.39 is 34.8 Å². The van der Waals surface area contributed by atoms with E-state index in [4.69, 9.17) is 37.4 Å². The van der Waals surface area contributed by atoms with Gasteiger partial charge in [0.05, 0.1) is 30.1 Å². The van der Waals surface area contributed by atoms with Crippen LogP contribution in [0.4, 0.5) is 18.9 Å². The van der Waals surface area contributed by atoms with Crippen LogP contribution >= 0.6 is 23.2 Å². The van der Waals surface area contributed by atoms with Crippen molar-refractivity contribution in [1.29, 1.82) is 0 Å². The first kappa shape index (κ1) is 43.9. The van der Waals surface area contributed by atoms with E-state index in [2.05, 4.69) is 65.9 Å². The fraction of sp³-hybridized carbons (Fsp3) is 0.381. The van der Waals surface area contributed by atoms with Crippen molar-refractivity contribution in [2.45, 2.75) is 63.3 Å². The molecule has 1 N–H and O–H groups in total. The lowest BCUT2D eigenvalue weighted by Crippen LogP contribution is -2.48. The van der Waals surface area contributed by atoms with E-state index in [-0.39, 0.29) is 23.9 Å². The third-order valence-corrected chi connectivity index (χ3v) is 11.4. The quantitative estimate of drug-likeness (QED) is 0.133. The van der Waals surface area contributed by atoms with E-state index in [1.165, 1.54) is 36.3 Å². The summed E-state index contributed by atoms with van der Waals surface area (Å²) in [5.41, 5.74) is -0.346. The fourth-order valence-electron chi connectivity index (χ4n) is 7.45. The van der Waals surface area contributed by atoms with Gasteiger partial charge < -0.3 is 24.2 Å². The predicted molar refractivity (Wildman–Crippen MR) is 221 cm³/mol. The molecule has 0 unspecified atom stereocenters. The summed E-state index contributed by atoms with van der Waals surface area (Å²) in [5, 5.41) is 20.4. The summed E-state index contributed by atoms with van der Waals surface area (Å²) in [6.45, 7) is 11.0. The highest BCUT2D eigenvalue weighted by molar-refractivity contribution is 6.35. The first-order valence-electron chi connectivity index (χ1n) is 19.6. The van der Waals surface area contributed by atoms with E-state index in [0.29, 0.717) is 47.5 Å². The Hall–Kier alpha value is -5.17. The highest BCUT2D eigenvalue weighted by atomic mass is 35.5. The standard InChI is InChI=1S/C26H31Cl2N5O3.C16H14F3N5O/c1-19(2)31-9-11-32(12-10-31)21-4-6-22(7-5-21)34-14-23-15-35-26(36-23,16-33-18-29-17-30-33)24-8-3-20(27)13-25(24)28;1-10(15-14(19)5-20-7-22-15)16(25,6-24-9-21-8-23-24)12-3-2-11(17)4-13(12)18/h3-8,13,17-19,23H,9-12,14-16H2,1-2H3;2-5,7-10,25H,6H2,1H3/t23-,26-;10-,16+/m00/s1. The Morgan fingerprint density at radius 2 is 1.59 bits per heavy atom. The molecule has 0 radical (unpaired) electrons. The molecular weight excluding hydrogens is 836 g/mol. The summed E-state index contributed by atoms with van der Waals surface area (Å²) in [6.07, 6.45) is 7.46. The lowest BCUT2D eigenvalue weighted by atomic mass is 9.79. The van der Waals surface area contributed by atoms with Crippen molar-refractivity contribution in [3.63, 3.8) is 0 Å². The van der Waals surface area contributed by atoms with E-state index in [1.54, 1.807) is 23.1 Å². The van der Waals surface area contributed by atoms with Gasteiger partial charge in [-0.25, -0.2) is 42.5 Å². The van der Waals surface area contributed by atoms with E-state index in [1.807, 2.05) is 18.2 Å². The SMILES string of the molecule is CC(C)N1CCN(c2ccc(OC[C@H]3CO[C@](Cn4cncn4)(c4ccc(Cl)cc4Cl)O3)cc2)CC1.C[C@@H](c1ncncc1F)[C@](O)(Cn1cncn1)c1ccc(F)cc1F. The third-order valence-electron chi connectivity index (χ3n) is 10.8. The first-order chi connectivity index (χ1) is 29.3. The summed E-state index contributed by atoms with van der Waals surface area (Å²) in [7, 11) is 0. The van der Waals surface area contributed by atoms with Gasteiger partial charge in [0, 0.05) is 66.0 Å². The summed E-state index contributed by atoms with van der Waals surface area (Å²) in [4.78, 5) is 20.2. The number of anilines is 1. The van der Waals surface area contributed by atoms with Gasteiger partial charge in [-0.1, -0.05) is 42.3 Å². The molecule has 61 heavy (non-hydrogen) atoms. The molecule has 0 saturated carbocycles. The molecule has 322 valence electrons. The molecule has 3 aromatic carbocycles. The van der Waals surface area contributed by atoms with E-state index in [0.717, 1.165) is 56.6 Å². The molecule has 3 aromatic heterocycles. The van der Waals surface area contributed by atoms with Gasteiger partial charge in [-0.15, -0.1) is 0 Å². The predicted octanol–water partition coefficient (Wildman–Crippen LogP) is 6.64. The van der Waals surface area contributed by atoms with Crippen molar-refractivity contribution in [3.05, 3.63) is 143 Å². The number of halogens is 5. The minimum atomic E-state index is -1.96. The zero-order valence-electron chi connectivity index (χ0n) is 33.7. The summed E-state index contributed by atoms with van der Waals surface area (Å²) < 4.78 is 63.4. The summed E-state index contributed by atoms with van der Waals surface area (Å²) in [5.74, 6) is -3.80. The maximum Gasteiger partial charge on any atom is 0.217 e. The fourth-order valence-corrected chi connectivity index (χ4v) is 8.00. The van der Waals surface area contributed by atoms with Gasteiger partial charge in [-0.3, -0.25) is 4.90 Å². The van der Waals surface area contributed by atoms with Gasteiger partial charge in [-0.2, -0.15) is 10.2 Å². The Bertz CT molecular complexity index is 2340. The van der Waals surface area contributed by atoms with Crippen LogP contribution < -0.4 is 9.64 Å². The largest absolute Gasteiger partial charge is 0.491 e. The van der Waals surface area contributed by atoms with Crippen LogP contribution in [0.1, 0.15) is 43.5 Å². The van der Waals surface area contributed by atoms with Crippen molar-refractivity contribution < 1.29 is 32.5 Å². The second-order valence-corrected chi connectivity index (χ2v) is 15.9. The highest BCUT2D eigenvalue weighted by Crippen LogP contribution is 2.41. The highest BCUT2D eigenvalue weighted by Gasteiger charge is 2.46. The van der Waals surface area contributed by atoms with E-state index in [9.17, 15) is 18.3 Å². The molecule has 5 heterocycles. The second-order valence-electron chi connectivity index (χ2n) is 15.1. The van der Waals surface area contributed by atoms with Crippen molar-refractivity contribution >= 4 is 28.9 Å². The molecule has 2 saturated heterocycles. The summed E-state index contributed by atoms with van der Waals surface area (Å²) in [6, 6.07) is 16.9. The Balaban J connectivity index is 0.000000197. The molecule has 6 aromatic rings. The maximum absolute atomic E-state index is 14.4. The Kier molecular flexibility index (Phi) is 13.9. The average Bonchev–Trinajstić information content (AvgIpc) is 4.05. The van der Waals surface area contributed by atoms with Crippen molar-refractivity contribution in [3.8, 4) is 5.75 Å². The molecule has 0 bridgehead atoms. The molecule has 0 aliphatic carbocycles. The van der Waals surface area contributed by atoms with Gasteiger partial charge >= 0.3 is 0 Å². The Labute approximate surface area is 360 Å². The van der Waals surface area contributed by atoms with Crippen LogP contribution in [0.5, 0.6) is 5.75 Å². The number of rotatable bonds is 13. The smallest absolute Gasteiger partial charge is 0.217 e. The Morgan fingerprint density at radius 3 is 2.23 bits per heavy atom. The van der Waals surface area contributed by atoms with Gasteiger partial charge in [0.15, 0.2) is 5.82 Å². The van der Waals surface area contributed by atoms with Crippen molar-refractivity contribution in [2.24, 2.45) is 0 Å². The normalized spacial score (nSPS) is 19.6. The van der Waals surface area contributed by atoms with E-state index >= 15 is 0 Å². The lowest BCUT2D eigenvalue weighted by Gasteiger charge is -2.38. The number of aromatic nitrogens is 8. The second kappa shape index (κ2) is 19.3. The van der Waals surface area contributed by atoms with Crippen LogP contribution in [0.25, 0.3) is 0 Å². The molecule has 2 aliphatic rings. The lowest BCUT2D eigenvalue weighted by molar-refractivity contribution is -0.190. The number of aliphatic hydroxyl groups is 1. The number of piperazine rings is 1. The van der Waals surface area contributed by atoms with Crippen LogP contribution in [0.2, 0.25) is 10.0 Å². The van der Waals surface area contributed by atoms with Crippen LogP contribution in [0.3, 0.4) is 0 Å². The van der Waals surface area contributed by atoms with Gasteiger partial charge in [0.1, 0.15) is 73.9 Å². The number of hydrogen-bond donors (Lipinski definition) is 1. The number of hydrogen-bond acceptors (Lipinski definition) is 12. The molecule has 4 atom stereocenters. The molecule has 2 fully saturated rings. The molecule has 2 aliphatic heterocycles. The molecule has 14 nitrogen and oxygen atoms in total. The summed E-state index contributed by atoms with van der Waals surface area (Å²) >= 11 is 12.7. The molecule has 0 spiro atoms. The topological polar surface area (TPSA) is 142 Å². The molecule has 8 rings (SSSR count). The molecule has 0 amide bonds. The van der Waals surface area contributed by atoms with Crippen LogP contribution in [0, 0.1) is 17.5 Å². The number of benzene rings is 3. The van der Waals surface area contributed by atoms with Gasteiger partial charge in [-0.05, 0) is 56.3 Å². The van der Waals surface area contributed by atoms with Gasteiger partial charge in [0.25, 0.3) is 0 Å². The first-order valence-corrected chi connectivity index (χ1v) is 20.4. The average molecular weight is 882 g/mol. The third kappa shape index (κ3) is 10.3. The zero-order chi connectivity index (χ0) is 43.1. The number of nitrogens with zero attached hydrogens (tertiary/aromatic N) is 10. The van der Waals surface area contributed by atoms with Crippen LogP contribution in [0.15, 0.2) is 98.5 Å². The Morgan fingerprint density at radius 1 is 0.869 bits per heavy atom. The zero-order valence-corrected chi connectivity index (χ0v) is 35.2. The minimum Gasteiger partial charge on any atom is -0.491 e. The number of ether oxygens (including phenoxy) is 3. The minimum absolute atomic E-state index is 0.0960. The molecular formula is C42H45Cl2F3N10O4. The maximum atomic E-state index is 14.4. The molecule has 19 heteroatoms. The van der Waals surface area contributed by atoms with Crippen LogP contribution in [-0.2, 0) is 34.0 Å². The van der Waals surface area contributed by atoms with Gasteiger partial charge in [0.2, 0.25) is 5.79 Å². The van der Waals surface area contributed by atoms with Crippen molar-refractivity contribution in [1.82, 2.24) is 44.4 Å². The monoisotopic (exact) mass is 880 g/mol. The van der Waals surface area contributed by atoms with Crippen molar-refractivity contribution in [2.75, 3.05) is 44.3 Å².